The molecule has 0 saturated heterocycles. The van der Waals surface area contributed by atoms with E-state index in [-0.39, 0.29) is 29.9 Å². The average Bonchev–Trinajstić information content (AvgIpc) is 2.47. The lowest BCUT2D eigenvalue weighted by molar-refractivity contribution is -0.122. The first-order valence-corrected chi connectivity index (χ1v) is 6.76. The number of rotatable bonds is 5. The Hall–Kier alpha value is -1.30. The third-order valence-corrected chi connectivity index (χ3v) is 3.22. The van der Waals surface area contributed by atoms with Gasteiger partial charge in [0.05, 0.1) is 5.02 Å². The molecule has 0 aliphatic carbocycles. The smallest absolute Gasteiger partial charge is 0.258 e. The summed E-state index contributed by atoms with van der Waals surface area (Å²) in [5.74, 6) is -0.362. The maximum atomic E-state index is 12.9. The Morgan fingerprint density at radius 1 is 1.48 bits per heavy atom. The summed E-state index contributed by atoms with van der Waals surface area (Å²) in [6.45, 7) is 2.20. The normalized spacial score (nSPS) is 13.9. The van der Waals surface area contributed by atoms with Crippen molar-refractivity contribution in [3.63, 3.8) is 0 Å². The molecule has 116 valence electrons. The van der Waals surface area contributed by atoms with E-state index in [9.17, 15) is 9.18 Å². The predicted octanol–water partition coefficient (Wildman–Crippen LogP) is 2.32. The summed E-state index contributed by atoms with van der Waals surface area (Å²) >= 11 is 5.62. The van der Waals surface area contributed by atoms with Crippen LogP contribution in [0.25, 0.3) is 0 Å². The standard InChI is InChI=1S/C14H16ClFN2O2.ClH/c15-12-7-11(1-2-13(12)16)20-9-14(19)18-8-10-3-5-17-6-4-10;/h1-3,7,17H,4-6,8-9H2,(H,18,19);1H. The number of carbonyl (C=O) groups excluding carboxylic acids is 1. The van der Waals surface area contributed by atoms with Crippen LogP contribution in [0.2, 0.25) is 5.02 Å². The molecule has 0 atom stereocenters. The van der Waals surface area contributed by atoms with E-state index in [1.165, 1.54) is 23.8 Å². The van der Waals surface area contributed by atoms with Crippen LogP contribution in [0.4, 0.5) is 4.39 Å². The molecule has 4 nitrogen and oxygen atoms in total. The molecule has 2 N–H and O–H groups in total. The maximum absolute atomic E-state index is 12.9. The highest BCUT2D eigenvalue weighted by Gasteiger charge is 2.07. The fourth-order valence-corrected chi connectivity index (χ4v) is 1.98. The third-order valence-electron chi connectivity index (χ3n) is 2.93. The van der Waals surface area contributed by atoms with Crippen molar-refractivity contribution in [2.75, 3.05) is 26.2 Å². The number of nitrogens with one attached hydrogen (secondary N) is 2. The molecule has 0 saturated carbocycles. The van der Waals surface area contributed by atoms with Crippen LogP contribution in [0.5, 0.6) is 5.75 Å². The highest BCUT2D eigenvalue weighted by Crippen LogP contribution is 2.20. The maximum Gasteiger partial charge on any atom is 0.258 e. The quantitative estimate of drug-likeness (QED) is 0.812. The van der Waals surface area contributed by atoms with Crippen molar-refractivity contribution in [2.24, 2.45) is 0 Å². The minimum atomic E-state index is -0.513. The molecule has 0 bridgehead atoms. The average molecular weight is 335 g/mol. The molecule has 1 heterocycles. The number of carbonyl (C=O) groups is 1. The number of halogens is 3. The van der Waals surface area contributed by atoms with Crippen molar-refractivity contribution in [3.8, 4) is 5.75 Å². The van der Waals surface area contributed by atoms with Crippen molar-refractivity contribution in [2.45, 2.75) is 6.42 Å². The lowest BCUT2D eigenvalue weighted by Crippen LogP contribution is -2.32. The summed E-state index contributed by atoms with van der Waals surface area (Å²) in [6, 6.07) is 3.98. The monoisotopic (exact) mass is 334 g/mol. The minimum absolute atomic E-state index is 0. The van der Waals surface area contributed by atoms with Crippen molar-refractivity contribution in [1.29, 1.82) is 0 Å². The van der Waals surface area contributed by atoms with Crippen LogP contribution in [-0.2, 0) is 4.79 Å². The molecule has 21 heavy (non-hydrogen) atoms. The number of hydrogen-bond donors (Lipinski definition) is 2. The first kappa shape index (κ1) is 17.8. The van der Waals surface area contributed by atoms with E-state index < -0.39 is 5.82 Å². The van der Waals surface area contributed by atoms with Crippen molar-refractivity contribution in [1.82, 2.24) is 10.6 Å². The van der Waals surface area contributed by atoms with Gasteiger partial charge in [-0.1, -0.05) is 23.3 Å². The Morgan fingerprint density at radius 2 is 2.29 bits per heavy atom. The van der Waals surface area contributed by atoms with E-state index >= 15 is 0 Å². The highest BCUT2D eigenvalue weighted by molar-refractivity contribution is 6.30. The first-order chi connectivity index (χ1) is 9.65. The Bertz CT molecular complexity index is 524. The van der Waals surface area contributed by atoms with Crippen molar-refractivity contribution < 1.29 is 13.9 Å². The van der Waals surface area contributed by atoms with Crippen LogP contribution in [0.15, 0.2) is 29.8 Å². The van der Waals surface area contributed by atoms with Crippen LogP contribution in [0.3, 0.4) is 0 Å². The van der Waals surface area contributed by atoms with Gasteiger partial charge in [-0.2, -0.15) is 0 Å². The Kier molecular flexibility index (Phi) is 7.50. The zero-order chi connectivity index (χ0) is 14.4. The van der Waals surface area contributed by atoms with Crippen LogP contribution < -0.4 is 15.4 Å². The van der Waals surface area contributed by atoms with Crippen molar-refractivity contribution in [3.05, 3.63) is 40.7 Å². The molecule has 1 aliphatic heterocycles. The lowest BCUT2D eigenvalue weighted by Gasteiger charge is -2.14. The van der Waals surface area contributed by atoms with Gasteiger partial charge in [-0.05, 0) is 25.1 Å². The highest BCUT2D eigenvalue weighted by atomic mass is 35.5. The van der Waals surface area contributed by atoms with E-state index in [1.54, 1.807) is 0 Å². The van der Waals surface area contributed by atoms with Crippen LogP contribution >= 0.6 is 24.0 Å². The summed E-state index contributed by atoms with van der Waals surface area (Å²) in [4.78, 5) is 11.6. The largest absolute Gasteiger partial charge is 0.484 e. The van der Waals surface area contributed by atoms with Gasteiger partial charge in [-0.25, -0.2) is 4.39 Å². The molecule has 1 aliphatic rings. The molecule has 0 radical (unpaired) electrons. The molecule has 7 heteroatoms. The zero-order valence-electron chi connectivity index (χ0n) is 11.3. The van der Waals surface area contributed by atoms with E-state index in [4.69, 9.17) is 16.3 Å². The zero-order valence-corrected chi connectivity index (χ0v) is 12.9. The van der Waals surface area contributed by atoms with Gasteiger partial charge in [0.25, 0.3) is 5.91 Å². The molecule has 2 rings (SSSR count). The predicted molar refractivity (Wildman–Crippen MR) is 82.7 cm³/mol. The van der Waals surface area contributed by atoms with Crippen LogP contribution in [0, 0.1) is 5.82 Å². The Morgan fingerprint density at radius 3 is 2.95 bits per heavy atom. The summed E-state index contributed by atoms with van der Waals surface area (Å²) < 4.78 is 18.2. The molecular formula is C14H17Cl2FN2O2. The second kappa shape index (κ2) is 8.87. The molecule has 0 fully saturated rings. The summed E-state index contributed by atoms with van der Waals surface area (Å²) in [5, 5.41) is 5.96. The number of benzene rings is 1. The van der Waals surface area contributed by atoms with Crippen LogP contribution in [0.1, 0.15) is 6.42 Å². The minimum Gasteiger partial charge on any atom is -0.484 e. The molecule has 0 aromatic heterocycles. The van der Waals surface area contributed by atoms with Gasteiger partial charge in [0.2, 0.25) is 0 Å². The Labute approximate surface area is 134 Å². The van der Waals surface area contributed by atoms with Gasteiger partial charge >= 0.3 is 0 Å². The van der Waals surface area contributed by atoms with Gasteiger partial charge in [0.1, 0.15) is 11.6 Å². The summed E-state index contributed by atoms with van der Waals surface area (Å²) in [6.07, 6.45) is 3.01. The van der Waals surface area contributed by atoms with E-state index in [1.807, 2.05) is 0 Å². The fraction of sp³-hybridized carbons (Fsp3) is 0.357. The molecule has 0 unspecified atom stereocenters. The SMILES string of the molecule is Cl.O=C(COc1ccc(F)c(Cl)c1)NCC1=CCNCC1. The third kappa shape index (κ3) is 5.91. The molecular weight excluding hydrogens is 318 g/mol. The topological polar surface area (TPSA) is 50.4 Å². The van der Waals surface area contributed by atoms with Crippen molar-refractivity contribution >= 4 is 29.9 Å². The molecule has 1 aromatic carbocycles. The summed E-state index contributed by atoms with van der Waals surface area (Å²) in [7, 11) is 0. The second-order valence-electron chi connectivity index (χ2n) is 4.46. The molecule has 1 amide bonds. The lowest BCUT2D eigenvalue weighted by atomic mass is 10.1. The van der Waals surface area contributed by atoms with Gasteiger partial charge in [-0.3, -0.25) is 4.79 Å². The first-order valence-electron chi connectivity index (χ1n) is 6.38. The Balaban J connectivity index is 0.00000220. The molecule has 0 spiro atoms. The number of hydrogen-bond acceptors (Lipinski definition) is 3. The summed E-state index contributed by atoms with van der Waals surface area (Å²) in [5.41, 5.74) is 1.21. The van der Waals surface area contributed by atoms with Gasteiger partial charge in [0, 0.05) is 19.2 Å². The van der Waals surface area contributed by atoms with Gasteiger partial charge in [0.15, 0.2) is 6.61 Å². The van der Waals surface area contributed by atoms with E-state index in [0.29, 0.717) is 12.3 Å². The number of amides is 1. The van der Waals surface area contributed by atoms with Gasteiger partial charge in [-0.15, -0.1) is 12.4 Å². The van der Waals surface area contributed by atoms with E-state index in [2.05, 4.69) is 16.7 Å². The van der Waals surface area contributed by atoms with E-state index in [0.717, 1.165) is 19.5 Å². The number of ether oxygens (including phenoxy) is 1. The fourth-order valence-electron chi connectivity index (χ4n) is 1.81. The van der Waals surface area contributed by atoms with Crippen LogP contribution in [-0.4, -0.2) is 32.1 Å². The van der Waals surface area contributed by atoms with Gasteiger partial charge < -0.3 is 15.4 Å². The molecule has 1 aromatic rings. The second-order valence-corrected chi connectivity index (χ2v) is 4.87.